The van der Waals surface area contributed by atoms with Gasteiger partial charge in [-0.2, -0.15) is 0 Å². The fourth-order valence-corrected chi connectivity index (χ4v) is 3.41. The number of nitrogens with one attached hydrogen (secondary N) is 1. The van der Waals surface area contributed by atoms with Crippen LogP contribution in [0.5, 0.6) is 5.75 Å². The predicted molar refractivity (Wildman–Crippen MR) is 103 cm³/mol. The molecule has 3 rings (SSSR count). The smallest absolute Gasteiger partial charge is 0.231 e. The Hall–Kier alpha value is -2.82. The topological polar surface area (TPSA) is 58.6 Å². The molecule has 0 radical (unpaired) electrons. The maximum atomic E-state index is 13.0. The van der Waals surface area contributed by atoms with Crippen molar-refractivity contribution < 1.29 is 14.3 Å². The van der Waals surface area contributed by atoms with E-state index in [0.29, 0.717) is 18.9 Å². The van der Waals surface area contributed by atoms with Gasteiger partial charge in [-0.05, 0) is 41.7 Å². The van der Waals surface area contributed by atoms with Crippen LogP contribution in [0.25, 0.3) is 0 Å². The Balaban J connectivity index is 1.81. The number of rotatable bonds is 4. The number of hydrogen-bond donors (Lipinski definition) is 1. The normalized spacial score (nSPS) is 16.0. The van der Waals surface area contributed by atoms with Crippen molar-refractivity contribution in [2.45, 2.75) is 32.6 Å². The summed E-state index contributed by atoms with van der Waals surface area (Å²) in [4.78, 5) is 25.9. The molecule has 1 aliphatic rings. The minimum Gasteiger partial charge on any atom is -0.495 e. The van der Waals surface area contributed by atoms with Gasteiger partial charge in [-0.15, -0.1) is 0 Å². The second-order valence-corrected chi connectivity index (χ2v) is 6.69. The van der Waals surface area contributed by atoms with Crippen molar-refractivity contribution in [3.63, 3.8) is 0 Å². The molecule has 2 amide bonds. The zero-order chi connectivity index (χ0) is 18.7. The molecular weight excluding hydrogens is 328 g/mol. The van der Waals surface area contributed by atoms with Crippen LogP contribution in [-0.2, 0) is 16.0 Å². The molecule has 1 unspecified atom stereocenters. The summed E-state index contributed by atoms with van der Waals surface area (Å²) in [6.07, 6.45) is 1.25. The first-order valence-corrected chi connectivity index (χ1v) is 8.83. The van der Waals surface area contributed by atoms with Gasteiger partial charge in [0.2, 0.25) is 11.8 Å². The van der Waals surface area contributed by atoms with Crippen LogP contribution < -0.4 is 15.0 Å². The second-order valence-electron chi connectivity index (χ2n) is 6.69. The summed E-state index contributed by atoms with van der Waals surface area (Å²) in [5, 5.41) is 2.73. The summed E-state index contributed by atoms with van der Waals surface area (Å²) in [7, 11) is 1.64. The van der Waals surface area contributed by atoms with Crippen molar-refractivity contribution in [1.82, 2.24) is 0 Å². The average molecular weight is 352 g/mol. The van der Waals surface area contributed by atoms with E-state index in [1.165, 1.54) is 6.92 Å². The number of fused-ring (bicyclic) bond motifs is 1. The third kappa shape index (κ3) is 3.72. The van der Waals surface area contributed by atoms with Crippen LogP contribution in [-0.4, -0.2) is 25.5 Å². The number of hydrogen-bond acceptors (Lipinski definition) is 3. The van der Waals surface area contributed by atoms with Gasteiger partial charge in [0.15, 0.2) is 0 Å². The maximum absolute atomic E-state index is 13.0. The van der Waals surface area contributed by atoms with Gasteiger partial charge in [0, 0.05) is 19.2 Å². The van der Waals surface area contributed by atoms with Crippen LogP contribution >= 0.6 is 0 Å². The van der Waals surface area contributed by atoms with E-state index in [2.05, 4.69) is 18.3 Å². The number of nitrogens with zero attached hydrogens (tertiary/aromatic N) is 1. The van der Waals surface area contributed by atoms with Crippen molar-refractivity contribution in [3.8, 4) is 5.75 Å². The van der Waals surface area contributed by atoms with Gasteiger partial charge in [-0.3, -0.25) is 9.59 Å². The van der Waals surface area contributed by atoms with Gasteiger partial charge < -0.3 is 15.0 Å². The molecule has 1 heterocycles. The zero-order valence-electron chi connectivity index (χ0n) is 15.4. The number of amides is 2. The van der Waals surface area contributed by atoms with Crippen LogP contribution in [0.2, 0.25) is 0 Å². The lowest BCUT2D eigenvalue weighted by Crippen LogP contribution is -2.37. The molecule has 136 valence electrons. The molecule has 1 atom stereocenters. The fourth-order valence-electron chi connectivity index (χ4n) is 3.41. The molecule has 1 aliphatic heterocycles. The van der Waals surface area contributed by atoms with E-state index in [4.69, 9.17) is 4.74 Å². The first kappa shape index (κ1) is 18.0. The highest BCUT2D eigenvalue weighted by Crippen LogP contribution is 2.41. The lowest BCUT2D eigenvalue weighted by atomic mass is 9.90. The molecule has 26 heavy (non-hydrogen) atoms. The largest absolute Gasteiger partial charge is 0.495 e. The Morgan fingerprint density at radius 3 is 2.58 bits per heavy atom. The van der Waals surface area contributed by atoms with E-state index in [-0.39, 0.29) is 11.8 Å². The van der Waals surface area contributed by atoms with Gasteiger partial charge in [-0.1, -0.05) is 31.2 Å². The molecule has 5 nitrogen and oxygen atoms in total. The summed E-state index contributed by atoms with van der Waals surface area (Å²) in [5.74, 6) is 1.08. The third-order valence-electron chi connectivity index (χ3n) is 4.77. The van der Waals surface area contributed by atoms with Gasteiger partial charge in [-0.25, -0.2) is 0 Å². The summed E-state index contributed by atoms with van der Waals surface area (Å²) >= 11 is 0. The van der Waals surface area contributed by atoms with Gasteiger partial charge in [0.1, 0.15) is 5.75 Å². The Labute approximate surface area is 154 Å². The second kappa shape index (κ2) is 7.60. The summed E-state index contributed by atoms with van der Waals surface area (Å²) in [6.45, 7) is 4.35. The number of para-hydroxylation sites is 1. The van der Waals surface area contributed by atoms with Crippen LogP contribution in [0.15, 0.2) is 42.5 Å². The monoisotopic (exact) mass is 352 g/mol. The van der Waals surface area contributed by atoms with E-state index in [0.717, 1.165) is 34.7 Å². The average Bonchev–Trinajstić information content (AvgIpc) is 2.63. The Bertz CT molecular complexity index is 815. The van der Waals surface area contributed by atoms with Crippen molar-refractivity contribution >= 4 is 23.2 Å². The minimum atomic E-state index is -0.111. The first-order valence-electron chi connectivity index (χ1n) is 8.83. The van der Waals surface area contributed by atoms with E-state index >= 15 is 0 Å². The number of methoxy groups -OCH3 is 1. The molecule has 2 aromatic carbocycles. The molecule has 2 aromatic rings. The Morgan fingerprint density at radius 1 is 1.19 bits per heavy atom. The summed E-state index contributed by atoms with van der Waals surface area (Å²) in [6, 6.07) is 13.3. The molecule has 0 saturated carbocycles. The Kier molecular flexibility index (Phi) is 5.26. The van der Waals surface area contributed by atoms with Crippen molar-refractivity contribution in [2.24, 2.45) is 0 Å². The number of benzene rings is 2. The van der Waals surface area contributed by atoms with Gasteiger partial charge in [0.05, 0.1) is 19.2 Å². The zero-order valence-corrected chi connectivity index (χ0v) is 15.4. The van der Waals surface area contributed by atoms with Crippen LogP contribution in [0, 0.1) is 0 Å². The Morgan fingerprint density at radius 2 is 1.92 bits per heavy atom. The highest BCUT2D eigenvalue weighted by Gasteiger charge is 2.29. The van der Waals surface area contributed by atoms with Crippen LogP contribution in [0.4, 0.5) is 11.4 Å². The van der Waals surface area contributed by atoms with E-state index in [1.807, 2.05) is 41.3 Å². The first-order chi connectivity index (χ1) is 12.5. The molecule has 0 aromatic heterocycles. The lowest BCUT2D eigenvalue weighted by Gasteiger charge is -2.34. The number of carbonyl (C=O) groups is 2. The molecule has 0 saturated heterocycles. The minimum absolute atomic E-state index is 0.0509. The predicted octanol–water partition coefficient (Wildman–Crippen LogP) is 3.74. The van der Waals surface area contributed by atoms with E-state index < -0.39 is 0 Å². The highest BCUT2D eigenvalue weighted by molar-refractivity contribution is 5.97. The fraction of sp³-hybridized carbons (Fsp3) is 0.333. The van der Waals surface area contributed by atoms with Crippen LogP contribution in [0.3, 0.4) is 0 Å². The molecule has 5 heteroatoms. The van der Waals surface area contributed by atoms with Crippen molar-refractivity contribution in [3.05, 3.63) is 53.6 Å². The third-order valence-corrected chi connectivity index (χ3v) is 4.77. The number of ether oxygens (including phenoxy) is 1. The standard InChI is InChI=1S/C21H24N2O3/c1-14-11-12-23(21-18(14)5-4-6-19(21)26-3)20(25)13-16-7-9-17(10-8-16)22-15(2)24/h4-10,14H,11-13H2,1-3H3,(H,22,24). The van der Waals surface area contributed by atoms with Crippen molar-refractivity contribution in [2.75, 3.05) is 23.9 Å². The van der Waals surface area contributed by atoms with Gasteiger partial charge >= 0.3 is 0 Å². The molecule has 0 aliphatic carbocycles. The summed E-state index contributed by atoms with van der Waals surface area (Å²) in [5.41, 5.74) is 3.70. The molecular formula is C21H24N2O3. The molecule has 0 fully saturated rings. The SMILES string of the molecule is COc1cccc2c1N(C(=O)Cc1ccc(NC(C)=O)cc1)CCC2C. The molecule has 1 N–H and O–H groups in total. The number of carbonyl (C=O) groups excluding carboxylic acids is 2. The van der Waals surface area contributed by atoms with Crippen molar-refractivity contribution in [1.29, 1.82) is 0 Å². The highest BCUT2D eigenvalue weighted by atomic mass is 16.5. The summed E-state index contributed by atoms with van der Waals surface area (Å²) < 4.78 is 5.51. The van der Waals surface area contributed by atoms with Gasteiger partial charge in [0.25, 0.3) is 0 Å². The lowest BCUT2D eigenvalue weighted by molar-refractivity contribution is -0.118. The van der Waals surface area contributed by atoms with E-state index in [9.17, 15) is 9.59 Å². The quantitative estimate of drug-likeness (QED) is 0.912. The van der Waals surface area contributed by atoms with Crippen LogP contribution in [0.1, 0.15) is 37.3 Å². The maximum Gasteiger partial charge on any atom is 0.231 e. The molecule has 0 bridgehead atoms. The molecule has 0 spiro atoms. The number of anilines is 2. The van der Waals surface area contributed by atoms with E-state index in [1.54, 1.807) is 7.11 Å².